The lowest BCUT2D eigenvalue weighted by molar-refractivity contribution is -0.146. The summed E-state index contributed by atoms with van der Waals surface area (Å²) in [4.78, 5) is 11.8. The van der Waals surface area contributed by atoms with Crippen LogP contribution in [0.4, 0.5) is 0 Å². The van der Waals surface area contributed by atoms with Crippen LogP contribution in [0.25, 0.3) is 11.1 Å². The summed E-state index contributed by atoms with van der Waals surface area (Å²) < 4.78 is 10.5. The fourth-order valence-corrected chi connectivity index (χ4v) is 2.76. The second kappa shape index (κ2) is 4.71. The summed E-state index contributed by atoms with van der Waals surface area (Å²) in [7, 11) is 1.38. The highest BCUT2D eigenvalue weighted by molar-refractivity contribution is 5.84. The monoisotopic (exact) mass is 282 g/mol. The first-order chi connectivity index (χ1) is 10.0. The van der Waals surface area contributed by atoms with Crippen molar-refractivity contribution in [1.82, 2.24) is 0 Å². The second-order valence-electron chi connectivity index (χ2n) is 5.60. The molecule has 1 heterocycles. The highest BCUT2D eigenvalue weighted by Gasteiger charge is 2.70. The minimum atomic E-state index is -0.893. The molecule has 0 radical (unpaired) electrons. The Morgan fingerprint density at radius 1 is 0.952 bits per heavy atom. The average molecular weight is 282 g/mol. The SMILES string of the molecule is COC(=O)C1(C)OC1(C)c1ccc(-c2ccccc2)cc1. The van der Waals surface area contributed by atoms with E-state index >= 15 is 0 Å². The summed E-state index contributed by atoms with van der Waals surface area (Å²) >= 11 is 0. The Kier molecular flexibility index (Phi) is 3.10. The van der Waals surface area contributed by atoms with Crippen LogP contribution in [0.1, 0.15) is 19.4 Å². The number of carbonyl (C=O) groups excluding carboxylic acids is 1. The number of esters is 1. The molecule has 1 saturated heterocycles. The first-order valence-electron chi connectivity index (χ1n) is 6.96. The van der Waals surface area contributed by atoms with Gasteiger partial charge < -0.3 is 9.47 Å². The van der Waals surface area contributed by atoms with Crippen molar-refractivity contribution < 1.29 is 14.3 Å². The van der Waals surface area contributed by atoms with Crippen LogP contribution in [0.2, 0.25) is 0 Å². The van der Waals surface area contributed by atoms with E-state index in [0.717, 1.165) is 11.1 Å². The van der Waals surface area contributed by atoms with Crippen LogP contribution in [0, 0.1) is 0 Å². The summed E-state index contributed by atoms with van der Waals surface area (Å²) in [5.74, 6) is -0.336. The molecular weight excluding hydrogens is 264 g/mol. The summed E-state index contributed by atoms with van der Waals surface area (Å²) in [5, 5.41) is 0. The molecule has 108 valence electrons. The van der Waals surface area contributed by atoms with E-state index in [0.29, 0.717) is 0 Å². The third-order valence-electron chi connectivity index (χ3n) is 4.39. The molecule has 3 rings (SSSR count). The Morgan fingerprint density at radius 2 is 1.52 bits per heavy atom. The molecule has 0 amide bonds. The quantitative estimate of drug-likeness (QED) is 0.638. The number of carbonyl (C=O) groups is 1. The molecule has 21 heavy (non-hydrogen) atoms. The Morgan fingerprint density at radius 3 is 2.10 bits per heavy atom. The van der Waals surface area contributed by atoms with Crippen molar-refractivity contribution in [3.8, 4) is 11.1 Å². The number of rotatable bonds is 3. The molecule has 3 nitrogen and oxygen atoms in total. The smallest absolute Gasteiger partial charge is 0.341 e. The number of ether oxygens (including phenoxy) is 2. The van der Waals surface area contributed by atoms with Crippen molar-refractivity contribution in [1.29, 1.82) is 0 Å². The fraction of sp³-hybridized carbons (Fsp3) is 0.278. The molecule has 0 N–H and O–H groups in total. The molecule has 2 aromatic rings. The zero-order valence-corrected chi connectivity index (χ0v) is 12.4. The minimum absolute atomic E-state index is 0.336. The summed E-state index contributed by atoms with van der Waals surface area (Å²) in [6.07, 6.45) is 0. The van der Waals surface area contributed by atoms with E-state index in [1.54, 1.807) is 6.92 Å². The minimum Gasteiger partial charge on any atom is -0.467 e. The Hall–Kier alpha value is -2.13. The number of hydrogen-bond donors (Lipinski definition) is 0. The van der Waals surface area contributed by atoms with Crippen LogP contribution in [0.15, 0.2) is 54.6 Å². The maximum atomic E-state index is 11.8. The third kappa shape index (κ3) is 2.05. The fourth-order valence-electron chi connectivity index (χ4n) is 2.76. The van der Waals surface area contributed by atoms with Gasteiger partial charge in [0.15, 0.2) is 5.60 Å². The third-order valence-corrected chi connectivity index (χ3v) is 4.39. The molecule has 0 spiro atoms. The van der Waals surface area contributed by atoms with Gasteiger partial charge >= 0.3 is 5.97 Å². The van der Waals surface area contributed by atoms with E-state index in [1.165, 1.54) is 12.7 Å². The lowest BCUT2D eigenvalue weighted by Crippen LogP contribution is -2.29. The Balaban J connectivity index is 1.88. The van der Waals surface area contributed by atoms with Crippen molar-refractivity contribution in [3.63, 3.8) is 0 Å². The van der Waals surface area contributed by atoms with Crippen LogP contribution in [0.3, 0.4) is 0 Å². The van der Waals surface area contributed by atoms with Crippen LogP contribution < -0.4 is 0 Å². The molecule has 2 aromatic carbocycles. The molecule has 0 saturated carbocycles. The van der Waals surface area contributed by atoms with Gasteiger partial charge in [0.2, 0.25) is 0 Å². The van der Waals surface area contributed by atoms with Crippen molar-refractivity contribution in [2.45, 2.75) is 25.0 Å². The largest absolute Gasteiger partial charge is 0.467 e. The first kappa shape index (κ1) is 13.8. The highest BCUT2D eigenvalue weighted by atomic mass is 16.7. The van der Waals surface area contributed by atoms with E-state index in [2.05, 4.69) is 24.3 Å². The first-order valence-corrected chi connectivity index (χ1v) is 6.96. The van der Waals surface area contributed by atoms with Gasteiger partial charge in [-0.3, -0.25) is 0 Å². The summed E-state index contributed by atoms with van der Waals surface area (Å²) in [5.41, 5.74) is 1.78. The van der Waals surface area contributed by atoms with E-state index in [9.17, 15) is 4.79 Å². The molecule has 1 aliphatic heterocycles. The number of benzene rings is 2. The number of epoxide rings is 1. The predicted octanol–water partition coefficient (Wildman–Crippen LogP) is 3.53. The molecule has 3 heteroatoms. The van der Waals surface area contributed by atoms with Crippen molar-refractivity contribution >= 4 is 5.97 Å². The summed E-state index contributed by atoms with van der Waals surface area (Å²) in [6.45, 7) is 3.69. The van der Waals surface area contributed by atoms with Gasteiger partial charge in [-0.25, -0.2) is 4.79 Å². The van der Waals surface area contributed by atoms with Crippen molar-refractivity contribution in [2.24, 2.45) is 0 Å². The highest BCUT2D eigenvalue weighted by Crippen LogP contribution is 2.56. The van der Waals surface area contributed by atoms with Gasteiger partial charge in [-0.15, -0.1) is 0 Å². The van der Waals surface area contributed by atoms with E-state index in [1.807, 2.05) is 37.3 Å². The number of hydrogen-bond acceptors (Lipinski definition) is 3. The lowest BCUT2D eigenvalue weighted by atomic mass is 9.88. The molecule has 0 bridgehead atoms. The molecule has 1 aliphatic rings. The standard InChI is InChI=1S/C18H18O3/c1-17(18(2,21-17)16(19)20-3)15-11-9-14(10-12-15)13-7-5-4-6-8-13/h4-12H,1-3H3. The molecular formula is C18H18O3. The van der Waals surface area contributed by atoms with Gasteiger partial charge in [0.25, 0.3) is 0 Å². The maximum Gasteiger partial charge on any atom is 0.341 e. The molecule has 0 aliphatic carbocycles. The topological polar surface area (TPSA) is 38.8 Å². The van der Waals surface area contributed by atoms with Crippen LogP contribution in [-0.4, -0.2) is 18.7 Å². The maximum absolute atomic E-state index is 11.8. The number of methoxy groups -OCH3 is 1. The van der Waals surface area contributed by atoms with Gasteiger partial charge in [-0.2, -0.15) is 0 Å². The molecule has 2 unspecified atom stereocenters. The average Bonchev–Trinajstić information content (AvgIpc) is 3.12. The van der Waals surface area contributed by atoms with Gasteiger partial charge in [-0.05, 0) is 30.5 Å². The van der Waals surface area contributed by atoms with E-state index in [4.69, 9.17) is 9.47 Å². The lowest BCUT2D eigenvalue weighted by Gasteiger charge is -2.12. The Bertz CT molecular complexity index is 663. The normalized spacial score (nSPS) is 27.2. The van der Waals surface area contributed by atoms with Crippen LogP contribution in [-0.2, 0) is 19.9 Å². The molecule has 1 fully saturated rings. The van der Waals surface area contributed by atoms with E-state index < -0.39 is 11.2 Å². The van der Waals surface area contributed by atoms with Gasteiger partial charge in [0, 0.05) is 0 Å². The van der Waals surface area contributed by atoms with Crippen molar-refractivity contribution in [3.05, 3.63) is 60.2 Å². The molecule has 2 atom stereocenters. The van der Waals surface area contributed by atoms with E-state index in [-0.39, 0.29) is 5.97 Å². The zero-order valence-electron chi connectivity index (χ0n) is 12.4. The van der Waals surface area contributed by atoms with Crippen molar-refractivity contribution in [2.75, 3.05) is 7.11 Å². The van der Waals surface area contributed by atoms with Gasteiger partial charge in [-0.1, -0.05) is 54.6 Å². The molecule has 0 aromatic heterocycles. The van der Waals surface area contributed by atoms with Crippen LogP contribution >= 0.6 is 0 Å². The Labute approximate surface area is 124 Å². The summed E-state index contributed by atoms with van der Waals surface area (Å²) in [6, 6.07) is 18.3. The van der Waals surface area contributed by atoms with Gasteiger partial charge in [0.05, 0.1) is 7.11 Å². The second-order valence-corrected chi connectivity index (χ2v) is 5.60. The predicted molar refractivity (Wildman–Crippen MR) is 80.7 cm³/mol. The van der Waals surface area contributed by atoms with Crippen LogP contribution in [0.5, 0.6) is 0 Å². The zero-order chi connectivity index (χ0) is 15.1. The van der Waals surface area contributed by atoms with Gasteiger partial charge in [0.1, 0.15) is 5.60 Å².